The molecule has 5 nitrogen and oxygen atoms in total. The molecule has 1 aliphatic rings. The first kappa shape index (κ1) is 19.7. The molecule has 6 heteroatoms. The van der Waals surface area contributed by atoms with Gasteiger partial charge < -0.3 is 14.4 Å². The molecular formula is C22H20ClNO4. The summed E-state index contributed by atoms with van der Waals surface area (Å²) in [4.78, 5) is 26.9. The number of carbonyl (C=O) groups is 2. The number of halogens is 1. The smallest absolute Gasteiger partial charge is 0.336 e. The van der Waals surface area contributed by atoms with Crippen molar-refractivity contribution in [3.05, 3.63) is 94.3 Å². The normalized spacial score (nSPS) is 14.2. The van der Waals surface area contributed by atoms with Crippen molar-refractivity contribution in [1.82, 2.24) is 4.90 Å². The van der Waals surface area contributed by atoms with Crippen LogP contribution < -0.4 is 0 Å². The van der Waals surface area contributed by atoms with E-state index in [4.69, 9.17) is 21.1 Å². The molecule has 0 aliphatic carbocycles. The van der Waals surface area contributed by atoms with E-state index in [0.29, 0.717) is 28.3 Å². The summed E-state index contributed by atoms with van der Waals surface area (Å²) < 4.78 is 9.97. The van der Waals surface area contributed by atoms with Crippen molar-refractivity contribution in [2.45, 2.75) is 12.5 Å². The number of hydrogen-bond donors (Lipinski definition) is 0. The Morgan fingerprint density at radius 3 is 2.07 bits per heavy atom. The fourth-order valence-electron chi connectivity index (χ4n) is 3.22. The van der Waals surface area contributed by atoms with Crippen LogP contribution in [-0.2, 0) is 25.6 Å². The molecule has 28 heavy (non-hydrogen) atoms. The van der Waals surface area contributed by atoms with Gasteiger partial charge in [-0.15, -0.1) is 0 Å². The zero-order valence-electron chi connectivity index (χ0n) is 15.6. The van der Waals surface area contributed by atoms with E-state index in [1.54, 1.807) is 35.5 Å². The predicted molar refractivity (Wildman–Crippen MR) is 106 cm³/mol. The second kappa shape index (κ2) is 8.76. The van der Waals surface area contributed by atoms with E-state index in [1.807, 2.05) is 36.4 Å². The van der Waals surface area contributed by atoms with Crippen molar-refractivity contribution in [3.8, 4) is 0 Å². The highest BCUT2D eigenvalue weighted by molar-refractivity contribution is 6.30. The van der Waals surface area contributed by atoms with Crippen LogP contribution in [-0.4, -0.2) is 31.1 Å². The molecule has 144 valence electrons. The van der Waals surface area contributed by atoms with Gasteiger partial charge in [-0.1, -0.05) is 54.1 Å². The first-order valence-electron chi connectivity index (χ1n) is 8.68. The van der Waals surface area contributed by atoms with Gasteiger partial charge in [-0.3, -0.25) is 0 Å². The average Bonchev–Trinajstić information content (AvgIpc) is 2.72. The van der Waals surface area contributed by atoms with Gasteiger partial charge in [0.1, 0.15) is 0 Å². The van der Waals surface area contributed by atoms with Crippen LogP contribution >= 0.6 is 11.6 Å². The second-order valence-corrected chi connectivity index (χ2v) is 6.73. The number of benzene rings is 2. The van der Waals surface area contributed by atoms with Crippen molar-refractivity contribution >= 4 is 23.5 Å². The number of ether oxygens (including phenoxy) is 2. The third-order valence-electron chi connectivity index (χ3n) is 4.46. The summed E-state index contributed by atoms with van der Waals surface area (Å²) in [5, 5.41) is 0.512. The van der Waals surface area contributed by atoms with Gasteiger partial charge in [0.05, 0.1) is 31.3 Å². The molecular weight excluding hydrogens is 378 g/mol. The number of methoxy groups -OCH3 is 2. The van der Waals surface area contributed by atoms with Gasteiger partial charge in [-0.25, -0.2) is 9.59 Å². The van der Waals surface area contributed by atoms with Gasteiger partial charge >= 0.3 is 11.9 Å². The molecule has 0 atom stereocenters. The minimum absolute atomic E-state index is 0.337. The molecule has 1 heterocycles. The summed E-state index contributed by atoms with van der Waals surface area (Å²) in [5.74, 6) is -1.67. The average molecular weight is 398 g/mol. The summed E-state index contributed by atoms with van der Waals surface area (Å²) in [6, 6.07) is 16.8. The zero-order valence-corrected chi connectivity index (χ0v) is 16.3. The van der Waals surface area contributed by atoms with Gasteiger partial charge in [0.25, 0.3) is 0 Å². The van der Waals surface area contributed by atoms with Gasteiger partial charge in [0.15, 0.2) is 0 Å². The van der Waals surface area contributed by atoms with Crippen molar-refractivity contribution in [2.75, 3.05) is 14.2 Å². The van der Waals surface area contributed by atoms with Crippen molar-refractivity contribution < 1.29 is 19.1 Å². The van der Waals surface area contributed by atoms with E-state index >= 15 is 0 Å². The van der Waals surface area contributed by atoms with E-state index < -0.39 is 17.9 Å². The molecule has 0 saturated heterocycles. The lowest BCUT2D eigenvalue weighted by Crippen LogP contribution is -2.28. The summed E-state index contributed by atoms with van der Waals surface area (Å²) >= 11 is 6.14. The van der Waals surface area contributed by atoms with Gasteiger partial charge in [-0.2, -0.15) is 0 Å². The SMILES string of the molecule is COC(=O)C1=CN(Cc2ccccc2)C=C(C(=O)OC)C1c1cccc(Cl)c1. The van der Waals surface area contributed by atoms with E-state index in [0.717, 1.165) is 5.56 Å². The summed E-state index contributed by atoms with van der Waals surface area (Å²) in [7, 11) is 2.63. The lowest BCUT2D eigenvalue weighted by molar-refractivity contribution is -0.137. The van der Waals surface area contributed by atoms with E-state index in [-0.39, 0.29) is 0 Å². The van der Waals surface area contributed by atoms with E-state index in [9.17, 15) is 9.59 Å². The molecule has 0 N–H and O–H groups in total. The summed E-state index contributed by atoms with van der Waals surface area (Å²) in [6.07, 6.45) is 3.41. The molecule has 0 radical (unpaired) electrons. The molecule has 1 aliphatic heterocycles. The van der Waals surface area contributed by atoms with E-state index in [2.05, 4.69) is 0 Å². The fourth-order valence-corrected chi connectivity index (χ4v) is 3.42. The van der Waals surface area contributed by atoms with Crippen LogP contribution in [0.2, 0.25) is 5.02 Å². The van der Waals surface area contributed by atoms with Crippen molar-refractivity contribution in [1.29, 1.82) is 0 Å². The van der Waals surface area contributed by atoms with Crippen LogP contribution in [0.25, 0.3) is 0 Å². The molecule has 2 aromatic carbocycles. The third kappa shape index (κ3) is 4.26. The molecule has 0 bridgehead atoms. The topological polar surface area (TPSA) is 55.8 Å². The Bertz CT molecular complexity index is 903. The number of esters is 2. The Kier molecular flexibility index (Phi) is 6.16. The number of carbonyl (C=O) groups excluding carboxylic acids is 2. The first-order valence-corrected chi connectivity index (χ1v) is 9.06. The Hall–Kier alpha value is -3.05. The van der Waals surface area contributed by atoms with Crippen LogP contribution in [0.4, 0.5) is 0 Å². The second-order valence-electron chi connectivity index (χ2n) is 6.30. The largest absolute Gasteiger partial charge is 0.466 e. The molecule has 0 fully saturated rings. The molecule has 0 saturated carbocycles. The lowest BCUT2D eigenvalue weighted by atomic mass is 9.83. The Balaban J connectivity index is 2.08. The molecule has 3 rings (SSSR count). The maximum atomic E-state index is 12.6. The Morgan fingerprint density at radius 2 is 1.54 bits per heavy atom. The Labute approximate surface area is 168 Å². The van der Waals surface area contributed by atoms with E-state index in [1.165, 1.54) is 14.2 Å². The number of nitrogens with zero attached hydrogens (tertiary/aromatic N) is 1. The van der Waals surface area contributed by atoms with Crippen molar-refractivity contribution in [2.24, 2.45) is 0 Å². The van der Waals surface area contributed by atoms with Crippen LogP contribution in [0.15, 0.2) is 78.1 Å². The van der Waals surface area contributed by atoms with Crippen LogP contribution in [0.1, 0.15) is 17.0 Å². The Morgan fingerprint density at radius 1 is 0.929 bits per heavy atom. The minimum atomic E-state index is -0.634. The maximum Gasteiger partial charge on any atom is 0.336 e. The first-order chi connectivity index (χ1) is 13.5. The third-order valence-corrected chi connectivity index (χ3v) is 4.70. The highest BCUT2D eigenvalue weighted by atomic mass is 35.5. The summed E-state index contributed by atoms with van der Waals surface area (Å²) in [5.41, 5.74) is 2.41. The number of rotatable bonds is 5. The monoisotopic (exact) mass is 397 g/mol. The molecule has 0 unspecified atom stereocenters. The van der Waals surface area contributed by atoms with Crippen LogP contribution in [0, 0.1) is 0 Å². The zero-order chi connectivity index (χ0) is 20.1. The molecule has 2 aromatic rings. The molecule has 0 aromatic heterocycles. The highest BCUT2D eigenvalue weighted by Gasteiger charge is 2.35. The maximum absolute atomic E-state index is 12.6. The summed E-state index contributed by atoms with van der Waals surface area (Å²) in [6.45, 7) is 0.490. The van der Waals surface area contributed by atoms with Crippen molar-refractivity contribution in [3.63, 3.8) is 0 Å². The minimum Gasteiger partial charge on any atom is -0.466 e. The quantitative estimate of drug-likeness (QED) is 0.712. The van der Waals surface area contributed by atoms with Gasteiger partial charge in [-0.05, 0) is 23.3 Å². The fraction of sp³-hybridized carbons (Fsp3) is 0.182. The standard InChI is InChI=1S/C22H20ClNO4/c1-27-21(25)18-13-24(12-15-7-4-3-5-8-15)14-19(22(26)28-2)20(18)16-9-6-10-17(23)11-16/h3-11,13-14,20H,12H2,1-2H3. The highest BCUT2D eigenvalue weighted by Crippen LogP contribution is 2.38. The van der Waals surface area contributed by atoms with Crippen LogP contribution in [0.3, 0.4) is 0 Å². The van der Waals surface area contributed by atoms with Gasteiger partial charge in [0, 0.05) is 24.0 Å². The molecule has 0 spiro atoms. The lowest BCUT2D eigenvalue weighted by Gasteiger charge is -2.30. The number of hydrogen-bond acceptors (Lipinski definition) is 5. The molecule has 0 amide bonds. The van der Waals surface area contributed by atoms with Gasteiger partial charge in [0.2, 0.25) is 0 Å². The predicted octanol–water partition coefficient (Wildman–Crippen LogP) is 4.05. The van der Waals surface area contributed by atoms with Crippen LogP contribution in [0.5, 0.6) is 0 Å².